The predicted molar refractivity (Wildman–Crippen MR) is 108 cm³/mol. The highest BCUT2D eigenvalue weighted by Crippen LogP contribution is 2.23. The second-order valence-corrected chi connectivity index (χ2v) is 9.29. The van der Waals surface area contributed by atoms with E-state index in [0.29, 0.717) is 6.54 Å². The lowest BCUT2D eigenvalue weighted by molar-refractivity contribution is 0.0598. The molecule has 1 aliphatic heterocycles. The number of carbonyl (C=O) groups excluding carboxylic acids is 2. The Morgan fingerprint density at radius 1 is 1.14 bits per heavy atom. The molecule has 0 radical (unpaired) electrons. The number of nitrogens with zero attached hydrogens (tertiary/aromatic N) is 1. The van der Waals surface area contributed by atoms with Crippen molar-refractivity contribution in [2.45, 2.75) is 17.9 Å². The number of thiophene rings is 1. The molecule has 1 aromatic carbocycles. The van der Waals surface area contributed by atoms with Gasteiger partial charge in [0.1, 0.15) is 0 Å². The summed E-state index contributed by atoms with van der Waals surface area (Å²) in [6.07, 6.45) is 0.962. The average Bonchev–Trinajstić information content (AvgIpc) is 3.20. The first-order valence-electron chi connectivity index (χ1n) is 8.93. The summed E-state index contributed by atoms with van der Waals surface area (Å²) in [4.78, 5) is 27.1. The number of ether oxygens (including phenoxy) is 2. The van der Waals surface area contributed by atoms with Crippen molar-refractivity contribution < 1.29 is 27.5 Å². The van der Waals surface area contributed by atoms with Crippen molar-refractivity contribution >= 4 is 33.3 Å². The van der Waals surface area contributed by atoms with Gasteiger partial charge in [-0.05, 0) is 41.6 Å². The molecule has 0 saturated heterocycles. The SMILES string of the molecule is COC(=O)c1cc(C(=O)OC)cc(S(=O)(=O)NCCN2CCc3sccc3C2)c1. The highest BCUT2D eigenvalue weighted by Gasteiger charge is 2.22. The van der Waals surface area contributed by atoms with Gasteiger partial charge in [-0.3, -0.25) is 4.90 Å². The number of hydrogen-bond donors (Lipinski definition) is 1. The summed E-state index contributed by atoms with van der Waals surface area (Å²) in [6.45, 7) is 2.43. The Kier molecular flexibility index (Phi) is 6.68. The van der Waals surface area contributed by atoms with E-state index >= 15 is 0 Å². The maximum absolute atomic E-state index is 12.7. The molecule has 0 aliphatic carbocycles. The first kappa shape index (κ1) is 21.4. The average molecular weight is 439 g/mol. The van der Waals surface area contributed by atoms with Gasteiger partial charge in [0.2, 0.25) is 10.0 Å². The molecular weight excluding hydrogens is 416 g/mol. The first-order chi connectivity index (χ1) is 13.8. The van der Waals surface area contributed by atoms with Crippen LogP contribution in [0, 0.1) is 0 Å². The molecule has 1 N–H and O–H groups in total. The number of carbonyl (C=O) groups is 2. The Morgan fingerprint density at radius 2 is 1.79 bits per heavy atom. The van der Waals surface area contributed by atoms with Crippen LogP contribution in [0.25, 0.3) is 0 Å². The Hall–Kier alpha value is -2.27. The number of methoxy groups -OCH3 is 2. The first-order valence-corrected chi connectivity index (χ1v) is 11.3. The van der Waals surface area contributed by atoms with Crippen LogP contribution in [0.15, 0.2) is 34.5 Å². The summed E-state index contributed by atoms with van der Waals surface area (Å²) < 4.78 is 37.3. The van der Waals surface area contributed by atoms with Crippen LogP contribution in [0.5, 0.6) is 0 Å². The van der Waals surface area contributed by atoms with Crippen molar-refractivity contribution in [3.05, 3.63) is 51.2 Å². The quantitative estimate of drug-likeness (QED) is 0.656. The Labute approximate surface area is 173 Å². The summed E-state index contributed by atoms with van der Waals surface area (Å²) in [6, 6.07) is 5.70. The molecule has 0 fully saturated rings. The Balaban J connectivity index is 1.71. The number of sulfonamides is 1. The molecule has 0 unspecified atom stereocenters. The number of esters is 2. The number of hydrogen-bond acceptors (Lipinski definition) is 8. The summed E-state index contributed by atoms with van der Waals surface area (Å²) >= 11 is 1.75. The lowest BCUT2D eigenvalue weighted by Gasteiger charge is -2.26. The van der Waals surface area contributed by atoms with Gasteiger partial charge in [0.05, 0.1) is 30.2 Å². The molecular formula is C19H22N2O6S2. The zero-order valence-corrected chi connectivity index (χ0v) is 17.8. The Bertz CT molecular complexity index is 981. The van der Waals surface area contributed by atoms with E-state index in [0.717, 1.165) is 19.5 Å². The van der Waals surface area contributed by atoms with Crippen LogP contribution in [-0.2, 0) is 32.5 Å². The van der Waals surface area contributed by atoms with Crippen molar-refractivity contribution in [1.82, 2.24) is 9.62 Å². The van der Waals surface area contributed by atoms with Gasteiger partial charge < -0.3 is 9.47 Å². The number of fused-ring (bicyclic) bond motifs is 1. The van der Waals surface area contributed by atoms with E-state index in [1.807, 2.05) is 0 Å². The van der Waals surface area contributed by atoms with E-state index in [2.05, 4.69) is 30.5 Å². The smallest absolute Gasteiger partial charge is 0.337 e. The second-order valence-electron chi connectivity index (χ2n) is 6.52. The molecule has 0 spiro atoms. The molecule has 0 saturated carbocycles. The molecule has 156 valence electrons. The Morgan fingerprint density at radius 3 is 2.41 bits per heavy atom. The summed E-state index contributed by atoms with van der Waals surface area (Å²) in [7, 11) is -1.57. The molecule has 0 bridgehead atoms. The minimum Gasteiger partial charge on any atom is -0.465 e. The van der Waals surface area contributed by atoms with E-state index in [1.54, 1.807) is 11.3 Å². The van der Waals surface area contributed by atoms with Crippen LogP contribution in [0.2, 0.25) is 0 Å². The molecule has 10 heteroatoms. The van der Waals surface area contributed by atoms with E-state index in [-0.39, 0.29) is 22.6 Å². The fraction of sp³-hybridized carbons (Fsp3) is 0.368. The summed E-state index contributed by atoms with van der Waals surface area (Å²) in [5.41, 5.74) is 1.20. The van der Waals surface area contributed by atoms with Crippen LogP contribution in [-0.4, -0.2) is 59.1 Å². The van der Waals surface area contributed by atoms with Gasteiger partial charge in [0, 0.05) is 31.1 Å². The lowest BCUT2D eigenvalue weighted by Crippen LogP contribution is -2.37. The van der Waals surface area contributed by atoms with Gasteiger partial charge in [0.15, 0.2) is 0 Å². The zero-order chi connectivity index (χ0) is 21.0. The summed E-state index contributed by atoms with van der Waals surface area (Å²) in [5, 5.41) is 2.07. The lowest BCUT2D eigenvalue weighted by atomic mass is 10.1. The topological polar surface area (TPSA) is 102 Å². The van der Waals surface area contributed by atoms with Crippen LogP contribution in [0.1, 0.15) is 31.2 Å². The molecule has 2 heterocycles. The molecule has 29 heavy (non-hydrogen) atoms. The van der Waals surface area contributed by atoms with Crippen molar-refractivity contribution in [1.29, 1.82) is 0 Å². The molecule has 0 atom stereocenters. The number of rotatable bonds is 7. The third-order valence-electron chi connectivity index (χ3n) is 4.67. The third kappa shape index (κ3) is 5.02. The summed E-state index contributed by atoms with van der Waals surface area (Å²) in [5.74, 6) is -1.49. The van der Waals surface area contributed by atoms with Crippen LogP contribution >= 0.6 is 11.3 Å². The normalized spacial score (nSPS) is 14.3. The largest absolute Gasteiger partial charge is 0.465 e. The van der Waals surface area contributed by atoms with E-state index < -0.39 is 22.0 Å². The van der Waals surface area contributed by atoms with Gasteiger partial charge in [-0.25, -0.2) is 22.7 Å². The third-order valence-corrected chi connectivity index (χ3v) is 7.13. The van der Waals surface area contributed by atoms with Crippen LogP contribution < -0.4 is 4.72 Å². The highest BCUT2D eigenvalue weighted by atomic mass is 32.2. The molecule has 2 aromatic rings. The van der Waals surface area contributed by atoms with Gasteiger partial charge in [-0.2, -0.15) is 0 Å². The van der Waals surface area contributed by atoms with E-state index in [1.165, 1.54) is 42.9 Å². The molecule has 1 aromatic heterocycles. The van der Waals surface area contributed by atoms with Gasteiger partial charge in [0.25, 0.3) is 0 Å². The number of benzene rings is 1. The van der Waals surface area contributed by atoms with Gasteiger partial charge in [-0.15, -0.1) is 11.3 Å². The molecule has 1 aliphatic rings. The van der Waals surface area contributed by atoms with Gasteiger partial charge in [-0.1, -0.05) is 0 Å². The van der Waals surface area contributed by atoms with Crippen LogP contribution in [0.4, 0.5) is 0 Å². The maximum atomic E-state index is 12.7. The molecule has 3 rings (SSSR count). The van der Waals surface area contributed by atoms with E-state index in [4.69, 9.17) is 0 Å². The second kappa shape index (κ2) is 9.04. The minimum absolute atomic E-state index is 0.0446. The van der Waals surface area contributed by atoms with Crippen molar-refractivity contribution in [3.8, 4) is 0 Å². The highest BCUT2D eigenvalue weighted by molar-refractivity contribution is 7.89. The minimum atomic E-state index is -3.93. The fourth-order valence-electron chi connectivity index (χ4n) is 3.14. The molecule has 8 nitrogen and oxygen atoms in total. The predicted octanol–water partition coefficient (Wildman–Crippen LogP) is 1.66. The standard InChI is InChI=1S/C19H22N2O6S2/c1-26-18(22)14-9-15(19(23)27-2)11-16(10-14)29(24,25)20-5-7-21-6-3-17-13(12-21)4-8-28-17/h4,8-11,20H,3,5-7,12H2,1-2H3. The van der Waals surface area contributed by atoms with Crippen molar-refractivity contribution in [3.63, 3.8) is 0 Å². The van der Waals surface area contributed by atoms with Crippen molar-refractivity contribution in [2.24, 2.45) is 0 Å². The number of nitrogens with one attached hydrogen (secondary N) is 1. The van der Waals surface area contributed by atoms with E-state index in [9.17, 15) is 18.0 Å². The van der Waals surface area contributed by atoms with Crippen LogP contribution in [0.3, 0.4) is 0 Å². The zero-order valence-electron chi connectivity index (χ0n) is 16.1. The van der Waals surface area contributed by atoms with Gasteiger partial charge >= 0.3 is 11.9 Å². The molecule has 0 amide bonds. The maximum Gasteiger partial charge on any atom is 0.337 e. The monoisotopic (exact) mass is 438 g/mol. The van der Waals surface area contributed by atoms with Crippen molar-refractivity contribution in [2.75, 3.05) is 33.9 Å². The fourth-order valence-corrected chi connectivity index (χ4v) is 5.13.